The van der Waals surface area contributed by atoms with Gasteiger partial charge in [0.05, 0.1) is 24.7 Å². The smallest absolute Gasteiger partial charge is 0.224 e. The number of halogens is 2. The summed E-state index contributed by atoms with van der Waals surface area (Å²) in [4.78, 5) is 13.6. The largest absolute Gasteiger partial charge is 0.384 e. The molecule has 0 aromatic heterocycles. The van der Waals surface area contributed by atoms with Crippen LogP contribution in [0.5, 0.6) is 0 Å². The number of carbonyl (C=O) groups is 1. The number of nitrogens with zero attached hydrogens (tertiary/aromatic N) is 2. The molecule has 1 aliphatic heterocycles. The van der Waals surface area contributed by atoms with Gasteiger partial charge in [-0.25, -0.2) is 8.78 Å². The Hall–Kier alpha value is -2.20. The van der Waals surface area contributed by atoms with Crippen molar-refractivity contribution in [2.45, 2.75) is 25.3 Å². The maximum absolute atomic E-state index is 13.9. The van der Waals surface area contributed by atoms with Gasteiger partial charge in [-0.15, -0.1) is 0 Å². The van der Waals surface area contributed by atoms with Crippen molar-refractivity contribution in [1.82, 2.24) is 4.90 Å². The number of rotatable bonds is 5. The highest BCUT2D eigenvalue weighted by Gasteiger charge is 2.24. The van der Waals surface area contributed by atoms with Crippen LogP contribution in [-0.4, -0.2) is 43.7 Å². The number of ether oxygens (including phenoxy) is 1. The van der Waals surface area contributed by atoms with Crippen LogP contribution in [0.1, 0.15) is 24.8 Å². The van der Waals surface area contributed by atoms with Crippen molar-refractivity contribution in [2.75, 3.05) is 32.1 Å². The lowest BCUT2D eigenvalue weighted by atomic mass is 10.0. The molecule has 1 amide bonds. The fourth-order valence-corrected chi connectivity index (χ4v) is 2.60. The van der Waals surface area contributed by atoms with Gasteiger partial charge in [-0.3, -0.25) is 4.79 Å². The molecule has 2 rings (SSSR count). The molecule has 0 radical (unpaired) electrons. The van der Waals surface area contributed by atoms with Gasteiger partial charge in [0, 0.05) is 26.2 Å². The van der Waals surface area contributed by atoms with Crippen LogP contribution in [0.15, 0.2) is 12.1 Å². The van der Waals surface area contributed by atoms with Crippen LogP contribution in [0.2, 0.25) is 0 Å². The van der Waals surface area contributed by atoms with Gasteiger partial charge in [-0.1, -0.05) is 0 Å². The Balaban J connectivity index is 1.92. The minimum absolute atomic E-state index is 0.0287. The van der Waals surface area contributed by atoms with Crippen molar-refractivity contribution in [2.24, 2.45) is 0 Å². The van der Waals surface area contributed by atoms with E-state index in [0.29, 0.717) is 39.0 Å². The second-order valence-electron chi connectivity index (χ2n) is 5.47. The molecule has 0 unspecified atom stereocenters. The summed E-state index contributed by atoms with van der Waals surface area (Å²) in [6, 6.07) is 3.62. The number of nitrogens with one attached hydrogen (secondary N) is 1. The van der Waals surface area contributed by atoms with Gasteiger partial charge >= 0.3 is 0 Å². The summed E-state index contributed by atoms with van der Waals surface area (Å²) in [6.07, 6.45) is 1.56. The van der Waals surface area contributed by atoms with Crippen molar-refractivity contribution in [3.05, 3.63) is 29.3 Å². The summed E-state index contributed by atoms with van der Waals surface area (Å²) in [5.74, 6) is -1.53. The number of hydrogen-bond acceptors (Lipinski definition) is 4. The molecule has 1 N–H and O–H groups in total. The number of benzene rings is 1. The summed E-state index contributed by atoms with van der Waals surface area (Å²) < 4.78 is 32.6. The predicted molar refractivity (Wildman–Crippen MR) is 80.8 cm³/mol. The maximum atomic E-state index is 13.9. The van der Waals surface area contributed by atoms with E-state index in [2.05, 4.69) is 5.32 Å². The minimum Gasteiger partial charge on any atom is -0.384 e. The van der Waals surface area contributed by atoms with E-state index < -0.39 is 11.6 Å². The number of hydrogen-bond donors (Lipinski definition) is 1. The summed E-state index contributed by atoms with van der Waals surface area (Å²) in [5.41, 5.74) is -0.266. The van der Waals surface area contributed by atoms with E-state index >= 15 is 0 Å². The second-order valence-corrected chi connectivity index (χ2v) is 5.47. The van der Waals surface area contributed by atoms with Gasteiger partial charge in [-0.2, -0.15) is 5.26 Å². The molecular weight excluding hydrogens is 304 g/mol. The number of likely N-dealkylation sites (tertiary alicyclic amines) is 1. The number of anilines is 1. The Kier molecular flexibility index (Phi) is 5.88. The third kappa shape index (κ3) is 4.39. The zero-order valence-corrected chi connectivity index (χ0v) is 12.9. The Morgan fingerprint density at radius 3 is 2.52 bits per heavy atom. The van der Waals surface area contributed by atoms with Crippen molar-refractivity contribution in [1.29, 1.82) is 5.26 Å². The van der Waals surface area contributed by atoms with Gasteiger partial charge in [0.25, 0.3) is 0 Å². The first-order valence-electron chi connectivity index (χ1n) is 7.47. The third-order valence-electron chi connectivity index (χ3n) is 3.89. The summed E-state index contributed by atoms with van der Waals surface area (Å²) in [5, 5.41) is 11.5. The Labute approximate surface area is 133 Å². The standard InChI is InChI=1S/C16H19F2N3O2/c1-23-7-4-15(22)21-5-2-12(3-6-21)20-16-13(17)8-11(10-19)9-14(16)18/h8-9,12,20H,2-7H2,1H3. The molecule has 1 saturated heterocycles. The summed E-state index contributed by atoms with van der Waals surface area (Å²) in [6.45, 7) is 1.47. The molecule has 23 heavy (non-hydrogen) atoms. The molecule has 1 heterocycles. The molecule has 1 aromatic rings. The average Bonchev–Trinajstić information content (AvgIpc) is 2.56. The van der Waals surface area contributed by atoms with Gasteiger partial charge < -0.3 is 15.0 Å². The number of carbonyl (C=O) groups excluding carboxylic acids is 1. The lowest BCUT2D eigenvalue weighted by Crippen LogP contribution is -2.42. The highest BCUT2D eigenvalue weighted by atomic mass is 19.1. The molecule has 0 bridgehead atoms. The monoisotopic (exact) mass is 323 g/mol. The average molecular weight is 323 g/mol. The summed E-state index contributed by atoms with van der Waals surface area (Å²) >= 11 is 0. The molecule has 124 valence electrons. The fraction of sp³-hybridized carbons (Fsp3) is 0.500. The van der Waals surface area contributed by atoms with E-state index in [0.717, 1.165) is 12.1 Å². The van der Waals surface area contributed by atoms with Crippen LogP contribution >= 0.6 is 0 Å². The first-order chi connectivity index (χ1) is 11.0. The lowest BCUT2D eigenvalue weighted by molar-refractivity contribution is -0.133. The minimum atomic E-state index is -0.778. The fourth-order valence-electron chi connectivity index (χ4n) is 2.60. The molecule has 0 saturated carbocycles. The topological polar surface area (TPSA) is 65.4 Å². The number of nitriles is 1. The number of piperidine rings is 1. The van der Waals surface area contributed by atoms with Crippen LogP contribution in [0.4, 0.5) is 14.5 Å². The molecule has 1 aliphatic rings. The molecule has 0 aliphatic carbocycles. The normalized spacial score (nSPS) is 15.3. The van der Waals surface area contributed by atoms with Crippen LogP contribution in [0.25, 0.3) is 0 Å². The molecule has 1 aromatic carbocycles. The van der Waals surface area contributed by atoms with E-state index in [9.17, 15) is 13.6 Å². The van der Waals surface area contributed by atoms with E-state index in [1.54, 1.807) is 18.1 Å². The maximum Gasteiger partial charge on any atom is 0.224 e. The highest BCUT2D eigenvalue weighted by Crippen LogP contribution is 2.24. The molecular formula is C16H19F2N3O2. The second kappa shape index (κ2) is 7.88. The first kappa shape index (κ1) is 17.2. The molecule has 0 atom stereocenters. The zero-order chi connectivity index (χ0) is 16.8. The van der Waals surface area contributed by atoms with Crippen LogP contribution in [-0.2, 0) is 9.53 Å². The molecule has 1 fully saturated rings. The summed E-state index contributed by atoms with van der Waals surface area (Å²) in [7, 11) is 1.55. The lowest BCUT2D eigenvalue weighted by Gasteiger charge is -2.33. The van der Waals surface area contributed by atoms with Crippen molar-refractivity contribution in [3.63, 3.8) is 0 Å². The Morgan fingerprint density at radius 2 is 2.00 bits per heavy atom. The van der Waals surface area contributed by atoms with Gasteiger partial charge in [-0.05, 0) is 25.0 Å². The highest BCUT2D eigenvalue weighted by molar-refractivity contribution is 5.76. The van der Waals surface area contributed by atoms with Crippen LogP contribution in [0, 0.1) is 23.0 Å². The molecule has 7 heteroatoms. The zero-order valence-electron chi connectivity index (χ0n) is 12.9. The number of methoxy groups -OCH3 is 1. The molecule has 5 nitrogen and oxygen atoms in total. The van der Waals surface area contributed by atoms with Crippen molar-refractivity contribution >= 4 is 11.6 Å². The van der Waals surface area contributed by atoms with Crippen LogP contribution < -0.4 is 5.32 Å². The SMILES string of the molecule is COCCC(=O)N1CCC(Nc2c(F)cc(C#N)cc2F)CC1. The van der Waals surface area contributed by atoms with E-state index in [1.807, 2.05) is 0 Å². The van der Waals surface area contributed by atoms with Crippen molar-refractivity contribution in [3.8, 4) is 6.07 Å². The van der Waals surface area contributed by atoms with E-state index in [1.165, 1.54) is 0 Å². The molecule has 0 spiro atoms. The van der Waals surface area contributed by atoms with Gasteiger partial charge in [0.15, 0.2) is 11.6 Å². The Bertz CT molecular complexity index is 585. The van der Waals surface area contributed by atoms with Crippen molar-refractivity contribution < 1.29 is 18.3 Å². The van der Waals surface area contributed by atoms with Crippen LogP contribution in [0.3, 0.4) is 0 Å². The predicted octanol–water partition coefficient (Wildman–Crippen LogP) is 2.28. The number of amides is 1. The first-order valence-corrected chi connectivity index (χ1v) is 7.47. The van der Waals surface area contributed by atoms with E-state index in [-0.39, 0.29) is 23.2 Å². The third-order valence-corrected chi connectivity index (χ3v) is 3.89. The Morgan fingerprint density at radius 1 is 1.39 bits per heavy atom. The van der Waals surface area contributed by atoms with Gasteiger partial charge in [0.2, 0.25) is 5.91 Å². The van der Waals surface area contributed by atoms with E-state index in [4.69, 9.17) is 10.00 Å². The quantitative estimate of drug-likeness (QED) is 0.903. The van der Waals surface area contributed by atoms with Gasteiger partial charge in [0.1, 0.15) is 5.69 Å².